The van der Waals surface area contributed by atoms with Crippen LogP contribution in [0.2, 0.25) is 10.6 Å². The minimum atomic E-state index is -4.94. The van der Waals surface area contributed by atoms with Crippen LogP contribution in [0.25, 0.3) is 22.2 Å². The Kier molecular flexibility index (Phi) is 15.1. The van der Waals surface area contributed by atoms with Crippen molar-refractivity contribution in [3.05, 3.63) is 16.8 Å². The summed E-state index contributed by atoms with van der Waals surface area (Å²) >= 11 is 12.2. The summed E-state index contributed by atoms with van der Waals surface area (Å²) in [6.07, 6.45) is -2.46. The van der Waals surface area contributed by atoms with Crippen LogP contribution >= 0.6 is 38.4 Å². The van der Waals surface area contributed by atoms with Crippen LogP contribution in [0.4, 0.5) is 11.6 Å². The molecule has 2 saturated heterocycles. The molecule has 0 amide bonds. The topological polar surface area (TPSA) is 407 Å². The van der Waals surface area contributed by atoms with Gasteiger partial charge in [0.2, 0.25) is 10.6 Å². The molecule has 27 nitrogen and oxygen atoms in total. The van der Waals surface area contributed by atoms with E-state index >= 15 is 0 Å². The van der Waals surface area contributed by atoms with Crippen LogP contribution in [0, 0.1) is 0 Å². The summed E-state index contributed by atoms with van der Waals surface area (Å²) in [5, 5.41) is 60.9. The van der Waals surface area contributed by atoms with E-state index < -0.39 is 105 Å². The van der Waals surface area contributed by atoms with Crippen molar-refractivity contribution in [1.29, 1.82) is 0 Å². The van der Waals surface area contributed by atoms with Crippen molar-refractivity contribution >= 4 is 91.9 Å². The summed E-state index contributed by atoms with van der Waals surface area (Å²) in [5.41, 5.74) is 0.556. The lowest BCUT2D eigenvalue weighted by Gasteiger charge is -2.19. The number of aliphatic hydroxyl groups is 4. The van der Waals surface area contributed by atoms with Crippen LogP contribution in [0.5, 0.6) is 0 Å². The summed E-state index contributed by atoms with van der Waals surface area (Å²) in [4.78, 5) is 49.5. The van der Waals surface area contributed by atoms with Crippen LogP contribution in [-0.4, -0.2) is 172 Å². The minimum absolute atomic E-state index is 0.0765. The SMILES string of the molecule is CC(P(=O)(O)O)S(=O)(=O)C[C@H]1O[C@@H](n2ncc3c(NC4CCCC4)nc(Cl)nc32)[C@H](O)[C@@H]1O.CC(P(=O)(O)O)S(=O)(=O)C[C@H]1O[C@@H](n2nnc3c(NC4CCCC4)nc(Cl)nc32)[C@H](O)[C@@H]1O. The first kappa shape index (κ1) is 51.0. The minimum Gasteiger partial charge on any atom is -0.387 e. The number of aliphatic hydroxyl groups excluding tert-OH is 4. The Labute approximate surface area is 385 Å². The van der Waals surface area contributed by atoms with Crippen molar-refractivity contribution in [3.8, 4) is 0 Å². The van der Waals surface area contributed by atoms with E-state index in [0.29, 0.717) is 17.0 Å². The fraction of sp³-hybridized carbons (Fsp3) is 0.727. The van der Waals surface area contributed by atoms with Gasteiger partial charge in [0.25, 0.3) is 0 Å². The van der Waals surface area contributed by atoms with Crippen molar-refractivity contribution in [2.45, 2.75) is 136 Å². The molecule has 33 heteroatoms. The van der Waals surface area contributed by atoms with Crippen LogP contribution < -0.4 is 10.6 Å². The molecule has 4 aliphatic rings. The summed E-state index contributed by atoms with van der Waals surface area (Å²) in [7, 11) is -18.6. The second-order valence-electron chi connectivity index (χ2n) is 16.6. The predicted molar refractivity (Wildman–Crippen MR) is 233 cm³/mol. The van der Waals surface area contributed by atoms with Crippen molar-refractivity contribution in [1.82, 2.24) is 44.7 Å². The van der Waals surface area contributed by atoms with Crippen LogP contribution in [0.3, 0.4) is 0 Å². The highest BCUT2D eigenvalue weighted by Crippen LogP contribution is 2.46. The maximum Gasteiger partial charge on any atom is 0.343 e. The zero-order chi connectivity index (χ0) is 48.3. The molecule has 66 heavy (non-hydrogen) atoms. The first-order valence-electron chi connectivity index (χ1n) is 20.6. The number of fused-ring (bicyclic) bond motifs is 2. The summed E-state index contributed by atoms with van der Waals surface area (Å²) in [5.74, 6) is -1.01. The maximum atomic E-state index is 12.4. The molecule has 4 aromatic rings. The second-order valence-corrected chi connectivity index (χ2v) is 26.6. The standard InChI is InChI=1S/C17H25ClN5O8PS.C16H24ClN6O8PS/c1-8(32(26,27)28)33(29,30)7-11-12(24)13(25)16(31-11)23-15-10(6-19-23)14(21-17(18)22-15)20-9-4-2-3-5-9;1-7(32(26,27)28)33(29,30)6-9-11(24)12(25)15(31-9)23-14-10(21-22-23)13(19-16(17)20-14)18-8-4-2-3-5-8/h6,8-9,11-13,16,24-25H,2-5,7H2,1H3,(H,20,21,22)(H2,26,27,28);7-9,11-12,15,24-25H,2-6H2,1H3,(H,18,19,20)(H2,26,27,28)/t8?,11-,12-,13-,16-;7?,9-,11-,12-,15-/m11/s1. The summed E-state index contributed by atoms with van der Waals surface area (Å²) in [6, 6.07) is 0.410. The maximum absolute atomic E-state index is 12.4. The van der Waals surface area contributed by atoms with Gasteiger partial charge in [-0.1, -0.05) is 30.9 Å². The Balaban J connectivity index is 0.000000196. The molecule has 2 unspecified atom stereocenters. The van der Waals surface area contributed by atoms with Gasteiger partial charge in [0.15, 0.2) is 64.7 Å². The fourth-order valence-corrected chi connectivity index (χ4v) is 14.3. The number of ether oxygens (including phenoxy) is 2. The molecule has 0 bridgehead atoms. The van der Waals surface area contributed by atoms with Gasteiger partial charge in [0, 0.05) is 12.1 Å². The van der Waals surface area contributed by atoms with Crippen LogP contribution in [-0.2, 0) is 38.3 Å². The van der Waals surface area contributed by atoms with Gasteiger partial charge < -0.3 is 60.1 Å². The Morgan fingerprint density at radius 3 is 1.58 bits per heavy atom. The molecule has 2 aliphatic heterocycles. The number of aromatic nitrogens is 9. The molecule has 368 valence electrons. The second kappa shape index (κ2) is 19.5. The highest BCUT2D eigenvalue weighted by atomic mass is 35.5. The van der Waals surface area contributed by atoms with Gasteiger partial charge in [0.1, 0.15) is 42.4 Å². The Bertz CT molecular complexity index is 2550. The van der Waals surface area contributed by atoms with Gasteiger partial charge in [0.05, 0.1) is 23.1 Å². The van der Waals surface area contributed by atoms with Crippen molar-refractivity contribution in [2.75, 3.05) is 22.1 Å². The van der Waals surface area contributed by atoms with Crippen molar-refractivity contribution in [3.63, 3.8) is 0 Å². The molecule has 0 radical (unpaired) electrons. The van der Waals surface area contributed by atoms with E-state index in [1.54, 1.807) is 0 Å². The Hall–Kier alpha value is -2.83. The zero-order valence-electron chi connectivity index (χ0n) is 34.9. The first-order chi connectivity index (χ1) is 30.8. The van der Waals surface area contributed by atoms with Gasteiger partial charge in [-0.15, -0.1) is 5.10 Å². The number of hydrogen-bond acceptors (Lipinski definition) is 21. The van der Waals surface area contributed by atoms with Gasteiger partial charge in [-0.2, -0.15) is 29.7 Å². The quantitative estimate of drug-likeness (QED) is 0.0595. The van der Waals surface area contributed by atoms with Crippen LogP contribution in [0.15, 0.2) is 6.20 Å². The molecule has 4 aromatic heterocycles. The lowest BCUT2D eigenvalue weighted by atomic mass is 10.1. The van der Waals surface area contributed by atoms with Crippen molar-refractivity contribution < 1.29 is 75.4 Å². The third-order valence-electron chi connectivity index (χ3n) is 12.1. The third kappa shape index (κ3) is 10.8. The molecular weight excluding hydrogens is 1000 g/mol. The predicted octanol–water partition coefficient (Wildman–Crippen LogP) is 0.179. The third-order valence-corrected chi connectivity index (χ3v) is 21.5. The fourth-order valence-electron chi connectivity index (χ4n) is 8.09. The molecule has 0 aromatic carbocycles. The Morgan fingerprint density at radius 1 is 0.682 bits per heavy atom. The normalized spacial score (nSPS) is 27.9. The monoisotopic (exact) mass is 1050 g/mol. The average Bonchev–Trinajstić information content (AvgIpc) is 4.10. The number of nitrogens with one attached hydrogen (secondary N) is 2. The van der Waals surface area contributed by atoms with E-state index in [0.717, 1.165) is 69.9 Å². The Morgan fingerprint density at radius 2 is 1.11 bits per heavy atom. The number of sulfone groups is 2. The van der Waals surface area contributed by atoms with E-state index in [1.807, 2.05) is 0 Å². The van der Waals surface area contributed by atoms with Gasteiger partial charge >= 0.3 is 15.2 Å². The van der Waals surface area contributed by atoms with E-state index in [1.165, 1.54) is 10.9 Å². The lowest BCUT2D eigenvalue weighted by Crippen LogP contribution is -2.37. The molecule has 2 saturated carbocycles. The molecule has 2 aliphatic carbocycles. The molecule has 10 N–H and O–H groups in total. The lowest BCUT2D eigenvalue weighted by molar-refractivity contribution is -0.0375. The number of anilines is 2. The average molecular weight is 1050 g/mol. The first-order valence-corrected chi connectivity index (χ1v) is 28.1. The highest BCUT2D eigenvalue weighted by Gasteiger charge is 2.50. The van der Waals surface area contributed by atoms with Crippen molar-refractivity contribution in [2.24, 2.45) is 0 Å². The molecule has 8 rings (SSSR count). The van der Waals surface area contributed by atoms with Gasteiger partial charge in [-0.25, -0.2) is 21.5 Å². The number of rotatable bonds is 14. The molecular formula is C33H49Cl2N11O16P2S2. The molecule has 4 fully saturated rings. The van der Waals surface area contributed by atoms with Gasteiger partial charge in [-0.3, -0.25) is 9.13 Å². The molecule has 0 spiro atoms. The smallest absolute Gasteiger partial charge is 0.343 e. The van der Waals surface area contributed by atoms with E-state index in [-0.39, 0.29) is 39.5 Å². The largest absolute Gasteiger partial charge is 0.387 e. The molecule has 10 atom stereocenters. The van der Waals surface area contributed by atoms with E-state index in [4.69, 9.17) is 32.7 Å². The van der Waals surface area contributed by atoms with Crippen LogP contribution in [0.1, 0.15) is 77.7 Å². The molecule has 6 heterocycles. The zero-order valence-corrected chi connectivity index (χ0v) is 39.8. The summed E-state index contributed by atoms with van der Waals surface area (Å²) < 4.78 is 85.8. The number of hydrogen-bond donors (Lipinski definition) is 10. The highest BCUT2D eigenvalue weighted by molar-refractivity contribution is 7.98. The van der Waals surface area contributed by atoms with E-state index in [2.05, 4.69) is 46.0 Å². The van der Waals surface area contributed by atoms with Gasteiger partial charge in [-0.05, 0) is 62.7 Å². The summed E-state index contributed by atoms with van der Waals surface area (Å²) in [6.45, 7) is 1.75. The van der Waals surface area contributed by atoms with E-state index in [9.17, 15) is 66.0 Å². The number of nitrogens with zero attached hydrogens (tertiary/aromatic N) is 9. The number of halogens is 2.